The van der Waals surface area contributed by atoms with Crippen LogP contribution in [0.4, 0.5) is 11.5 Å². The first-order valence-electron chi connectivity index (χ1n) is 9.92. The van der Waals surface area contributed by atoms with Gasteiger partial charge in [-0.05, 0) is 12.1 Å². The lowest BCUT2D eigenvalue weighted by Crippen LogP contribution is -2.37. The number of rotatable bonds is 5. The number of nitro groups is 1. The second kappa shape index (κ2) is 8.32. The van der Waals surface area contributed by atoms with Gasteiger partial charge in [0.25, 0.3) is 11.6 Å². The number of aromatic nitrogens is 2. The number of fused-ring (bicyclic) bond motifs is 2. The van der Waals surface area contributed by atoms with Crippen LogP contribution < -0.4 is 14.4 Å². The van der Waals surface area contributed by atoms with Crippen LogP contribution in [0.1, 0.15) is 11.1 Å². The minimum absolute atomic E-state index is 0.0375. The summed E-state index contributed by atoms with van der Waals surface area (Å²) in [5.41, 5.74) is 2.63. The number of hydrogen-bond acceptors (Lipinski definition) is 9. The maximum absolute atomic E-state index is 11.4. The van der Waals surface area contributed by atoms with E-state index >= 15 is 0 Å². The highest BCUT2D eigenvalue weighted by Gasteiger charge is 2.24. The van der Waals surface area contributed by atoms with Crippen LogP contribution in [0.3, 0.4) is 0 Å². The minimum Gasteiger partial charge on any atom is -0.470 e. The zero-order valence-corrected chi connectivity index (χ0v) is 16.7. The van der Waals surface area contributed by atoms with Crippen molar-refractivity contribution in [3.8, 4) is 11.6 Å². The molecular formula is C21H20N4O6. The van der Waals surface area contributed by atoms with Crippen molar-refractivity contribution < 1.29 is 23.9 Å². The molecule has 5 rings (SSSR count). The number of ether oxygens (including phenoxy) is 4. The largest absolute Gasteiger partial charge is 0.470 e. The molecule has 2 aliphatic rings. The van der Waals surface area contributed by atoms with Crippen molar-refractivity contribution in [3.05, 3.63) is 57.6 Å². The van der Waals surface area contributed by atoms with Gasteiger partial charge in [-0.25, -0.2) is 9.97 Å². The van der Waals surface area contributed by atoms with Gasteiger partial charge < -0.3 is 23.8 Å². The zero-order valence-electron chi connectivity index (χ0n) is 16.7. The Morgan fingerprint density at radius 1 is 1.10 bits per heavy atom. The first kappa shape index (κ1) is 19.5. The fourth-order valence-electron chi connectivity index (χ4n) is 3.69. The smallest absolute Gasteiger partial charge is 0.270 e. The van der Waals surface area contributed by atoms with Crippen LogP contribution in [-0.2, 0) is 22.7 Å². The predicted molar refractivity (Wildman–Crippen MR) is 110 cm³/mol. The lowest BCUT2D eigenvalue weighted by molar-refractivity contribution is -0.385. The van der Waals surface area contributed by atoms with Gasteiger partial charge in [0.2, 0.25) is 0 Å². The third kappa shape index (κ3) is 3.94. The molecule has 0 atom stereocenters. The fraction of sp³-hybridized carbons (Fsp3) is 0.333. The number of anilines is 1. The SMILES string of the molecule is O=[N+]([O-])c1cc2c(c(COc3nc4ccccc4nc3N3CCOCC3)c1)OCOC2. The average molecular weight is 424 g/mol. The van der Waals surface area contributed by atoms with Crippen molar-refractivity contribution in [1.29, 1.82) is 0 Å². The highest BCUT2D eigenvalue weighted by Crippen LogP contribution is 2.34. The first-order valence-corrected chi connectivity index (χ1v) is 9.92. The number of nitro benzene ring substituents is 1. The molecule has 1 saturated heterocycles. The maximum atomic E-state index is 11.4. The lowest BCUT2D eigenvalue weighted by atomic mass is 10.1. The molecule has 160 valence electrons. The monoisotopic (exact) mass is 424 g/mol. The van der Waals surface area contributed by atoms with Gasteiger partial charge in [-0.1, -0.05) is 12.1 Å². The van der Waals surface area contributed by atoms with Gasteiger partial charge in [-0.2, -0.15) is 0 Å². The Hall–Kier alpha value is -3.50. The second-order valence-electron chi connectivity index (χ2n) is 7.19. The molecule has 3 heterocycles. The van der Waals surface area contributed by atoms with E-state index in [1.54, 1.807) is 0 Å². The van der Waals surface area contributed by atoms with Crippen molar-refractivity contribution in [2.75, 3.05) is 38.0 Å². The van der Waals surface area contributed by atoms with Crippen LogP contribution in [0.2, 0.25) is 0 Å². The molecule has 3 aromatic rings. The molecule has 0 amide bonds. The molecule has 10 heteroatoms. The fourth-order valence-corrected chi connectivity index (χ4v) is 3.69. The summed E-state index contributed by atoms with van der Waals surface area (Å²) >= 11 is 0. The average Bonchev–Trinajstić information content (AvgIpc) is 2.82. The summed E-state index contributed by atoms with van der Waals surface area (Å²) in [5.74, 6) is 1.55. The van der Waals surface area contributed by atoms with Crippen LogP contribution in [0, 0.1) is 10.1 Å². The van der Waals surface area contributed by atoms with E-state index in [-0.39, 0.29) is 25.7 Å². The number of benzene rings is 2. The summed E-state index contributed by atoms with van der Waals surface area (Å²) in [7, 11) is 0. The standard InChI is InChI=1S/C21H20N4O6/c26-25(27)16-9-14-11-29-13-31-19(14)15(10-16)12-30-21-20(24-5-7-28-8-6-24)22-17-3-1-2-4-18(17)23-21/h1-4,9-10H,5-8,11-13H2. The van der Waals surface area contributed by atoms with E-state index in [2.05, 4.69) is 9.88 Å². The van der Waals surface area contributed by atoms with Crippen LogP contribution in [-0.4, -0.2) is 48.0 Å². The molecule has 1 fully saturated rings. The van der Waals surface area contributed by atoms with Gasteiger partial charge in [0.1, 0.15) is 12.4 Å². The third-order valence-corrected chi connectivity index (χ3v) is 5.18. The van der Waals surface area contributed by atoms with Crippen LogP contribution in [0.15, 0.2) is 36.4 Å². The Morgan fingerprint density at radius 2 is 1.87 bits per heavy atom. The number of non-ortho nitro benzene ring substituents is 1. The van der Waals surface area contributed by atoms with E-state index in [9.17, 15) is 10.1 Å². The number of morpholine rings is 1. The van der Waals surface area contributed by atoms with Crippen molar-refractivity contribution in [3.63, 3.8) is 0 Å². The zero-order chi connectivity index (χ0) is 21.2. The Labute approximate surface area is 177 Å². The van der Waals surface area contributed by atoms with Crippen LogP contribution in [0.25, 0.3) is 11.0 Å². The van der Waals surface area contributed by atoms with Crippen molar-refractivity contribution in [1.82, 2.24) is 9.97 Å². The highest BCUT2D eigenvalue weighted by atomic mass is 16.7. The van der Waals surface area contributed by atoms with Gasteiger partial charge in [0.15, 0.2) is 12.6 Å². The summed E-state index contributed by atoms with van der Waals surface area (Å²) in [6.07, 6.45) is 0. The Balaban J connectivity index is 1.50. The molecule has 2 aliphatic heterocycles. The quantitative estimate of drug-likeness (QED) is 0.451. The molecule has 0 spiro atoms. The molecule has 0 N–H and O–H groups in total. The summed E-state index contributed by atoms with van der Waals surface area (Å²) in [6.45, 7) is 2.94. The molecule has 0 aliphatic carbocycles. The topological polar surface area (TPSA) is 109 Å². The summed E-state index contributed by atoms with van der Waals surface area (Å²) in [4.78, 5) is 22.4. The molecular weight excluding hydrogens is 404 g/mol. The van der Waals surface area contributed by atoms with Gasteiger partial charge in [-0.15, -0.1) is 0 Å². The van der Waals surface area contributed by atoms with Crippen molar-refractivity contribution in [2.45, 2.75) is 13.2 Å². The Morgan fingerprint density at radius 3 is 2.65 bits per heavy atom. The first-order chi connectivity index (χ1) is 15.2. The van der Waals surface area contributed by atoms with E-state index in [0.717, 1.165) is 5.52 Å². The molecule has 0 unspecified atom stereocenters. The van der Waals surface area contributed by atoms with Gasteiger partial charge in [0, 0.05) is 36.3 Å². The number of nitrogens with zero attached hydrogens (tertiary/aromatic N) is 4. The van der Waals surface area contributed by atoms with Crippen molar-refractivity contribution >= 4 is 22.5 Å². The molecule has 2 aromatic carbocycles. The second-order valence-corrected chi connectivity index (χ2v) is 7.19. The molecule has 0 bridgehead atoms. The highest BCUT2D eigenvalue weighted by molar-refractivity contribution is 5.77. The molecule has 0 radical (unpaired) electrons. The summed E-state index contributed by atoms with van der Waals surface area (Å²) < 4.78 is 22.4. The van der Waals surface area contributed by atoms with Gasteiger partial charge in [0.05, 0.1) is 35.8 Å². The van der Waals surface area contributed by atoms with Gasteiger partial charge in [-0.3, -0.25) is 10.1 Å². The van der Waals surface area contributed by atoms with Crippen LogP contribution in [0.5, 0.6) is 11.6 Å². The number of hydrogen-bond donors (Lipinski definition) is 0. The van der Waals surface area contributed by atoms with E-state index in [4.69, 9.17) is 23.9 Å². The Bertz CT molecular complexity index is 1130. The third-order valence-electron chi connectivity index (χ3n) is 5.18. The van der Waals surface area contributed by atoms with E-state index < -0.39 is 4.92 Å². The van der Waals surface area contributed by atoms with E-state index in [0.29, 0.717) is 60.4 Å². The minimum atomic E-state index is -0.437. The molecule has 10 nitrogen and oxygen atoms in total. The normalized spacial score (nSPS) is 15.9. The van der Waals surface area contributed by atoms with E-state index in [1.165, 1.54) is 12.1 Å². The Kier molecular flexibility index (Phi) is 5.23. The number of para-hydroxylation sites is 2. The summed E-state index contributed by atoms with van der Waals surface area (Å²) in [6, 6.07) is 10.5. The predicted octanol–water partition coefficient (Wildman–Crippen LogP) is 2.82. The molecule has 31 heavy (non-hydrogen) atoms. The van der Waals surface area contributed by atoms with Crippen LogP contribution >= 0.6 is 0 Å². The van der Waals surface area contributed by atoms with E-state index in [1.807, 2.05) is 24.3 Å². The van der Waals surface area contributed by atoms with Gasteiger partial charge >= 0.3 is 0 Å². The molecule has 1 aromatic heterocycles. The lowest BCUT2D eigenvalue weighted by Gasteiger charge is -2.29. The summed E-state index contributed by atoms with van der Waals surface area (Å²) in [5, 5.41) is 11.4. The maximum Gasteiger partial charge on any atom is 0.270 e. The van der Waals surface area contributed by atoms with Crippen molar-refractivity contribution in [2.24, 2.45) is 0 Å². The molecule has 0 saturated carbocycles.